The topological polar surface area (TPSA) is 94.8 Å². The zero-order chi connectivity index (χ0) is 7.15. The van der Waals surface area contributed by atoms with Crippen LogP contribution in [0, 0.1) is 0 Å². The van der Waals surface area contributed by atoms with E-state index < -0.39 is 12.1 Å². The van der Waals surface area contributed by atoms with Crippen LogP contribution in [-0.4, -0.2) is 57.0 Å². The number of carbonyl (C=O) groups is 2. The fourth-order valence-electron chi connectivity index (χ4n) is 0. The molecule has 3 N–H and O–H groups in total. The summed E-state index contributed by atoms with van der Waals surface area (Å²) >= 11 is 0. The Morgan fingerprint density at radius 2 is 1.11 bits per heavy atom. The van der Waals surface area contributed by atoms with E-state index in [1.165, 1.54) is 0 Å². The minimum absolute atomic E-state index is 0. The maximum absolute atomic E-state index is 9.00. The standard InChI is InChI=1S/C2H4O2.CH2O3.Na.H/c1-2(3)4;2-1(3)4;;/h1H3,(H,3,4);(H2,2,3,4);;. The molecule has 0 unspecified atom stereocenters. The van der Waals surface area contributed by atoms with Gasteiger partial charge in [-0.15, -0.1) is 0 Å². The van der Waals surface area contributed by atoms with E-state index in [1.54, 1.807) is 0 Å². The summed E-state index contributed by atoms with van der Waals surface area (Å²) in [6.07, 6.45) is -1.83. The second-order valence-corrected chi connectivity index (χ2v) is 0.802. The first-order valence-corrected chi connectivity index (χ1v) is 1.58. The summed E-state index contributed by atoms with van der Waals surface area (Å²) < 4.78 is 0. The van der Waals surface area contributed by atoms with Gasteiger partial charge >= 0.3 is 35.7 Å². The molecule has 0 aliphatic rings. The first kappa shape index (κ1) is 15.9. The third-order valence-corrected chi connectivity index (χ3v) is 0. The molecule has 0 saturated heterocycles. The van der Waals surface area contributed by atoms with Crippen molar-refractivity contribution in [2.75, 3.05) is 0 Å². The second-order valence-electron chi connectivity index (χ2n) is 0.802. The minimum atomic E-state index is -1.83. The molecule has 0 atom stereocenters. The Labute approximate surface area is 73.6 Å². The first-order valence-electron chi connectivity index (χ1n) is 1.58. The summed E-state index contributed by atoms with van der Waals surface area (Å²) in [5.74, 6) is -0.833. The summed E-state index contributed by atoms with van der Waals surface area (Å²) in [7, 11) is 0. The van der Waals surface area contributed by atoms with Crippen LogP contribution in [0.5, 0.6) is 0 Å². The summed E-state index contributed by atoms with van der Waals surface area (Å²) in [5.41, 5.74) is 0. The normalized spacial score (nSPS) is 5.44. The second kappa shape index (κ2) is 10.7. The fraction of sp³-hybridized carbons (Fsp3) is 0.333. The zero-order valence-electron chi connectivity index (χ0n) is 4.16. The summed E-state index contributed by atoms with van der Waals surface area (Å²) in [4.78, 5) is 17.6. The number of hydrogen-bond donors (Lipinski definition) is 3. The van der Waals surface area contributed by atoms with Crippen molar-refractivity contribution in [2.45, 2.75) is 6.92 Å². The van der Waals surface area contributed by atoms with Gasteiger partial charge in [0.1, 0.15) is 0 Å². The van der Waals surface area contributed by atoms with Gasteiger partial charge in [-0.1, -0.05) is 0 Å². The first-order chi connectivity index (χ1) is 3.46. The van der Waals surface area contributed by atoms with Crippen molar-refractivity contribution in [1.82, 2.24) is 0 Å². The Hall–Kier alpha value is -0.260. The molecule has 0 aliphatic heterocycles. The molecule has 0 bridgehead atoms. The van der Waals surface area contributed by atoms with Crippen LogP contribution in [0.15, 0.2) is 0 Å². The van der Waals surface area contributed by atoms with Gasteiger partial charge in [0, 0.05) is 6.92 Å². The monoisotopic (exact) mass is 146 g/mol. The van der Waals surface area contributed by atoms with Gasteiger partial charge < -0.3 is 15.3 Å². The average molecular weight is 146 g/mol. The molecule has 0 rings (SSSR count). The quantitative estimate of drug-likeness (QED) is 0.406. The average Bonchev–Trinajstić information content (AvgIpc) is 1.25. The molecule has 0 aromatic rings. The van der Waals surface area contributed by atoms with Crippen LogP contribution in [0.3, 0.4) is 0 Å². The van der Waals surface area contributed by atoms with Crippen molar-refractivity contribution in [3.05, 3.63) is 0 Å². The Morgan fingerprint density at radius 1 is 1.11 bits per heavy atom. The molecule has 0 amide bonds. The Balaban J connectivity index is -0.0000000720. The molecule has 0 aromatic heterocycles. The van der Waals surface area contributed by atoms with Gasteiger partial charge in [0.05, 0.1) is 0 Å². The summed E-state index contributed by atoms with van der Waals surface area (Å²) in [6, 6.07) is 0. The predicted molar refractivity (Wildman–Crippen MR) is 31.1 cm³/mol. The van der Waals surface area contributed by atoms with Gasteiger partial charge in [0.2, 0.25) is 0 Å². The molecular formula is C3H7NaO5. The van der Waals surface area contributed by atoms with Crippen molar-refractivity contribution < 1.29 is 24.9 Å². The molecule has 0 aliphatic carbocycles. The molecule has 0 saturated carbocycles. The molecule has 0 aromatic carbocycles. The van der Waals surface area contributed by atoms with E-state index >= 15 is 0 Å². The zero-order valence-corrected chi connectivity index (χ0v) is 4.16. The van der Waals surface area contributed by atoms with Crippen molar-refractivity contribution in [3.8, 4) is 0 Å². The van der Waals surface area contributed by atoms with E-state index in [0.29, 0.717) is 0 Å². The summed E-state index contributed by atoms with van der Waals surface area (Å²) in [5, 5.41) is 21.4. The number of carboxylic acids is 1. The third kappa shape index (κ3) is 3770. The van der Waals surface area contributed by atoms with Gasteiger partial charge in [0.15, 0.2) is 0 Å². The molecule has 0 spiro atoms. The molecule has 0 radical (unpaired) electrons. The van der Waals surface area contributed by atoms with Crippen molar-refractivity contribution >= 4 is 41.7 Å². The van der Waals surface area contributed by atoms with E-state index in [2.05, 4.69) is 0 Å². The van der Waals surface area contributed by atoms with E-state index in [9.17, 15) is 0 Å². The van der Waals surface area contributed by atoms with Crippen molar-refractivity contribution in [2.24, 2.45) is 0 Å². The van der Waals surface area contributed by atoms with E-state index in [-0.39, 0.29) is 29.6 Å². The number of rotatable bonds is 0. The molecule has 0 fully saturated rings. The van der Waals surface area contributed by atoms with Crippen LogP contribution in [0.1, 0.15) is 6.92 Å². The molecule has 50 valence electrons. The van der Waals surface area contributed by atoms with Crippen molar-refractivity contribution in [1.29, 1.82) is 0 Å². The third-order valence-electron chi connectivity index (χ3n) is 0. The fourth-order valence-corrected chi connectivity index (χ4v) is 0. The Kier molecular flexibility index (Phi) is 18.8. The van der Waals surface area contributed by atoms with Crippen LogP contribution >= 0.6 is 0 Å². The number of aliphatic carboxylic acids is 1. The molecule has 6 heteroatoms. The number of carboxylic acid groups (broad SMARTS) is 3. The van der Waals surface area contributed by atoms with Crippen LogP contribution in [-0.2, 0) is 4.79 Å². The Morgan fingerprint density at radius 3 is 1.11 bits per heavy atom. The van der Waals surface area contributed by atoms with Crippen LogP contribution in [0.4, 0.5) is 4.79 Å². The molecular weight excluding hydrogens is 139 g/mol. The van der Waals surface area contributed by atoms with Gasteiger partial charge in [-0.05, 0) is 0 Å². The van der Waals surface area contributed by atoms with E-state index in [4.69, 9.17) is 24.9 Å². The van der Waals surface area contributed by atoms with Crippen LogP contribution < -0.4 is 0 Å². The molecule has 0 heterocycles. The molecule has 5 nitrogen and oxygen atoms in total. The van der Waals surface area contributed by atoms with Gasteiger partial charge in [-0.25, -0.2) is 4.79 Å². The van der Waals surface area contributed by atoms with Gasteiger partial charge in [-0.2, -0.15) is 0 Å². The molecule has 9 heavy (non-hydrogen) atoms. The van der Waals surface area contributed by atoms with Crippen molar-refractivity contribution in [3.63, 3.8) is 0 Å². The summed E-state index contributed by atoms with van der Waals surface area (Å²) in [6.45, 7) is 1.08. The van der Waals surface area contributed by atoms with E-state index in [0.717, 1.165) is 6.92 Å². The number of hydrogen-bond acceptors (Lipinski definition) is 2. The van der Waals surface area contributed by atoms with Crippen LogP contribution in [0.25, 0.3) is 0 Å². The van der Waals surface area contributed by atoms with E-state index in [1.807, 2.05) is 0 Å². The van der Waals surface area contributed by atoms with Gasteiger partial charge in [-0.3, -0.25) is 4.79 Å². The SMILES string of the molecule is CC(=O)O.O=C(O)O.[NaH]. The van der Waals surface area contributed by atoms with Crippen LogP contribution in [0.2, 0.25) is 0 Å². The maximum atomic E-state index is 9.00. The Bertz CT molecular complexity index is 70.2. The van der Waals surface area contributed by atoms with Gasteiger partial charge in [0.25, 0.3) is 5.97 Å². The predicted octanol–water partition coefficient (Wildman–Crippen LogP) is -0.335.